The van der Waals surface area contributed by atoms with Crippen LogP contribution in [0.25, 0.3) is 11.4 Å². The predicted octanol–water partition coefficient (Wildman–Crippen LogP) is 5.21. The van der Waals surface area contributed by atoms with Crippen molar-refractivity contribution < 1.29 is 47.4 Å². The first-order valence-electron chi connectivity index (χ1n) is 16.5. The molecule has 2 aromatic carbocycles. The summed E-state index contributed by atoms with van der Waals surface area (Å²) in [5, 5.41) is 6.37. The quantitative estimate of drug-likeness (QED) is 0.341. The molecule has 2 aliphatic heterocycles. The predicted molar refractivity (Wildman–Crippen MR) is 179 cm³/mol. The first-order valence-corrected chi connectivity index (χ1v) is 18.2. The second-order valence-electron chi connectivity index (χ2n) is 13.7. The average Bonchev–Trinajstić information content (AvgIpc) is 3.84. The van der Waals surface area contributed by atoms with Gasteiger partial charge in [0.05, 0.1) is 47.6 Å². The number of sulfone groups is 1. The fourth-order valence-electron chi connectivity index (χ4n) is 6.40. The minimum Gasteiger partial charge on any atom is -0.490 e. The Balaban J connectivity index is 0.00000504. The van der Waals surface area contributed by atoms with Crippen LogP contribution in [0.5, 0.6) is 5.75 Å². The summed E-state index contributed by atoms with van der Waals surface area (Å²) in [5.41, 5.74) is -0.606. The lowest BCUT2D eigenvalue weighted by Crippen LogP contribution is -2.51. The van der Waals surface area contributed by atoms with Gasteiger partial charge in [0.1, 0.15) is 23.2 Å². The molecule has 1 unspecified atom stereocenters. The lowest BCUT2D eigenvalue weighted by atomic mass is 10.1. The molecule has 0 bridgehead atoms. The van der Waals surface area contributed by atoms with Crippen LogP contribution in [0, 0.1) is 5.82 Å². The van der Waals surface area contributed by atoms with Crippen molar-refractivity contribution in [1.29, 1.82) is 0 Å². The van der Waals surface area contributed by atoms with E-state index < -0.39 is 56.0 Å². The number of carbonyl (C=O) groups is 3. The Morgan fingerprint density at radius 1 is 1.12 bits per heavy atom. The van der Waals surface area contributed by atoms with Gasteiger partial charge in [-0.05, 0) is 82.7 Å². The molecular weight excluding hydrogens is 673 g/mol. The SMILES string of the molecule is COC(=O)N1CCC(c2nc(-c3cc4c(cc3F)S(=O)(=O)C[C@H](NC(=O)OC(C)(C)C)C(=O)N4Cc3ccc(OC4CCCC4)cc3)no2)C1.[HH]. The molecule has 16 heteroatoms. The number of aromatic nitrogens is 2. The molecule has 6 rings (SSSR count). The molecule has 14 nitrogen and oxygen atoms in total. The summed E-state index contributed by atoms with van der Waals surface area (Å²) >= 11 is 0. The van der Waals surface area contributed by atoms with E-state index in [0.29, 0.717) is 24.3 Å². The van der Waals surface area contributed by atoms with Crippen molar-refractivity contribution >= 4 is 33.6 Å². The van der Waals surface area contributed by atoms with Gasteiger partial charge in [-0.25, -0.2) is 22.4 Å². The van der Waals surface area contributed by atoms with Crippen LogP contribution < -0.4 is 15.0 Å². The fraction of sp³-hybridized carbons (Fsp3) is 0.500. The molecule has 3 aromatic rings. The van der Waals surface area contributed by atoms with Gasteiger partial charge in [-0.1, -0.05) is 17.3 Å². The van der Waals surface area contributed by atoms with Crippen molar-refractivity contribution in [2.75, 3.05) is 30.9 Å². The number of rotatable bonds is 7. The lowest BCUT2D eigenvalue weighted by molar-refractivity contribution is -0.120. The summed E-state index contributed by atoms with van der Waals surface area (Å²) in [4.78, 5) is 45.6. The van der Waals surface area contributed by atoms with Crippen LogP contribution in [0.15, 0.2) is 45.8 Å². The van der Waals surface area contributed by atoms with E-state index >= 15 is 4.39 Å². The van der Waals surface area contributed by atoms with Gasteiger partial charge in [0, 0.05) is 14.5 Å². The maximum Gasteiger partial charge on any atom is 0.409 e. The van der Waals surface area contributed by atoms with Crippen LogP contribution in [-0.2, 0) is 30.7 Å². The van der Waals surface area contributed by atoms with E-state index in [2.05, 4.69) is 15.5 Å². The lowest BCUT2D eigenvalue weighted by Gasteiger charge is -2.27. The van der Waals surface area contributed by atoms with E-state index in [4.69, 9.17) is 18.7 Å². The number of hydrogen-bond donors (Lipinski definition) is 1. The highest BCUT2D eigenvalue weighted by Crippen LogP contribution is 2.38. The second-order valence-corrected chi connectivity index (χ2v) is 15.7. The van der Waals surface area contributed by atoms with E-state index in [1.165, 1.54) is 23.0 Å². The van der Waals surface area contributed by atoms with Gasteiger partial charge in [-0.3, -0.25) is 4.79 Å². The molecule has 0 radical (unpaired) electrons. The molecule has 1 N–H and O–H groups in total. The van der Waals surface area contributed by atoms with Crippen molar-refractivity contribution in [3.05, 3.63) is 53.7 Å². The van der Waals surface area contributed by atoms with Crippen LogP contribution in [0.2, 0.25) is 0 Å². The van der Waals surface area contributed by atoms with Crippen LogP contribution in [0.4, 0.5) is 19.7 Å². The highest BCUT2D eigenvalue weighted by molar-refractivity contribution is 7.91. The maximum absolute atomic E-state index is 15.8. The Morgan fingerprint density at radius 3 is 2.52 bits per heavy atom. The number of carbonyl (C=O) groups excluding carboxylic acids is 3. The molecule has 1 saturated carbocycles. The number of nitrogens with one attached hydrogen (secondary N) is 1. The molecule has 2 fully saturated rings. The number of halogens is 1. The van der Waals surface area contributed by atoms with E-state index in [0.717, 1.165) is 31.7 Å². The van der Waals surface area contributed by atoms with Gasteiger partial charge in [0.2, 0.25) is 11.7 Å². The first-order chi connectivity index (χ1) is 23.7. The Bertz CT molecular complexity index is 1880. The van der Waals surface area contributed by atoms with Crippen molar-refractivity contribution in [2.24, 2.45) is 0 Å². The number of likely N-dealkylation sites (tertiary alicyclic amines) is 1. The smallest absolute Gasteiger partial charge is 0.409 e. The number of anilines is 1. The molecule has 3 heterocycles. The van der Waals surface area contributed by atoms with Crippen LogP contribution in [0.3, 0.4) is 0 Å². The van der Waals surface area contributed by atoms with E-state index in [9.17, 15) is 22.8 Å². The van der Waals surface area contributed by atoms with E-state index in [-0.39, 0.29) is 49.5 Å². The summed E-state index contributed by atoms with van der Waals surface area (Å²) in [6, 6.07) is 7.59. The third-order valence-corrected chi connectivity index (χ3v) is 10.6. The second kappa shape index (κ2) is 13.9. The normalized spacial score (nSPS) is 20.7. The summed E-state index contributed by atoms with van der Waals surface area (Å²) in [5.74, 6) is -2.17. The number of ether oxygens (including phenoxy) is 3. The zero-order valence-electron chi connectivity index (χ0n) is 28.3. The monoisotopic (exact) mass is 715 g/mol. The first kappa shape index (κ1) is 35.1. The summed E-state index contributed by atoms with van der Waals surface area (Å²) < 4.78 is 65.0. The van der Waals surface area contributed by atoms with Crippen molar-refractivity contribution in [3.63, 3.8) is 0 Å². The van der Waals surface area contributed by atoms with Gasteiger partial charge in [0.15, 0.2) is 9.84 Å². The number of hydrogen-bond acceptors (Lipinski definition) is 11. The Hall–Kier alpha value is -4.73. The Morgan fingerprint density at radius 2 is 1.84 bits per heavy atom. The number of nitrogens with zero attached hydrogens (tertiary/aromatic N) is 4. The fourth-order valence-corrected chi connectivity index (χ4v) is 8.02. The zero-order chi connectivity index (χ0) is 35.8. The number of fused-ring (bicyclic) bond motifs is 1. The average molecular weight is 716 g/mol. The number of amides is 3. The third kappa shape index (κ3) is 7.69. The summed E-state index contributed by atoms with van der Waals surface area (Å²) in [6.45, 7) is 5.45. The molecule has 270 valence electrons. The van der Waals surface area contributed by atoms with Crippen molar-refractivity contribution in [1.82, 2.24) is 20.4 Å². The number of methoxy groups -OCH3 is 1. The van der Waals surface area contributed by atoms with Crippen LogP contribution >= 0.6 is 0 Å². The van der Waals surface area contributed by atoms with Gasteiger partial charge in [0.25, 0.3) is 5.91 Å². The highest BCUT2D eigenvalue weighted by atomic mass is 32.2. The van der Waals surface area contributed by atoms with Crippen molar-refractivity contribution in [2.45, 2.75) is 88.0 Å². The van der Waals surface area contributed by atoms with Gasteiger partial charge < -0.3 is 33.9 Å². The minimum absolute atomic E-state index is 0. The number of alkyl carbamates (subject to hydrolysis) is 1. The molecule has 1 saturated heterocycles. The molecule has 2 atom stereocenters. The standard InChI is InChI=1S/C34H40FN5O9S.H2/c1-34(2,3)48-32(42)36-26-19-50(44,45)28-16-25(35)24(29-37-30(49-38-29)21-13-14-39(18-21)33(43)46-4)15-27(28)40(31(26)41)17-20-9-11-23(12-10-20)47-22-7-5-6-8-22;/h9-12,15-16,21-22,26H,5-8,13-14,17-19H2,1-4H3,(H,36,42);1H/t21?,26-;/m0./s1. The number of benzene rings is 2. The van der Waals surface area contributed by atoms with Gasteiger partial charge in [-0.2, -0.15) is 4.98 Å². The van der Waals surface area contributed by atoms with E-state index in [1.807, 2.05) is 0 Å². The summed E-state index contributed by atoms with van der Waals surface area (Å²) in [7, 11) is -3.06. The summed E-state index contributed by atoms with van der Waals surface area (Å²) in [6.07, 6.45) is 3.37. The maximum atomic E-state index is 15.8. The van der Waals surface area contributed by atoms with Gasteiger partial charge in [-0.15, -0.1) is 0 Å². The zero-order valence-corrected chi connectivity index (χ0v) is 29.1. The molecular formula is C34H42FN5O9S. The van der Waals surface area contributed by atoms with Crippen LogP contribution in [0.1, 0.15) is 71.7 Å². The topological polar surface area (TPSA) is 170 Å². The van der Waals surface area contributed by atoms with Crippen molar-refractivity contribution in [3.8, 4) is 17.1 Å². The molecule has 3 amide bonds. The van der Waals surface area contributed by atoms with Gasteiger partial charge >= 0.3 is 12.2 Å². The Labute approximate surface area is 290 Å². The largest absolute Gasteiger partial charge is 0.490 e. The molecule has 1 aliphatic carbocycles. The van der Waals surface area contributed by atoms with E-state index in [1.54, 1.807) is 45.0 Å². The third-order valence-electron chi connectivity index (χ3n) is 8.84. The highest BCUT2D eigenvalue weighted by Gasteiger charge is 2.41. The van der Waals surface area contributed by atoms with Crippen LogP contribution in [-0.4, -0.2) is 85.3 Å². The molecule has 1 aromatic heterocycles. The molecule has 50 heavy (non-hydrogen) atoms. The Kier molecular flexibility index (Phi) is 9.75. The minimum atomic E-state index is -4.35. The molecule has 3 aliphatic rings. The molecule has 0 spiro atoms.